The van der Waals surface area contributed by atoms with Gasteiger partial charge in [-0.2, -0.15) is 0 Å². The molecule has 0 unspecified atom stereocenters. The molecule has 8 nitrogen and oxygen atoms in total. The molecule has 2 aromatic rings. The summed E-state index contributed by atoms with van der Waals surface area (Å²) in [6.07, 6.45) is 0.0795. The number of aromatic nitrogens is 1. The minimum Gasteiger partial charge on any atom is -0.506 e. The van der Waals surface area contributed by atoms with E-state index in [1.807, 2.05) is 0 Å². The summed E-state index contributed by atoms with van der Waals surface area (Å²) in [6.45, 7) is 0. The number of phenols is 1. The zero-order chi connectivity index (χ0) is 15.4. The van der Waals surface area contributed by atoms with Crippen molar-refractivity contribution in [2.24, 2.45) is 5.73 Å². The Balaban J connectivity index is 2.19. The quantitative estimate of drug-likeness (QED) is 0.336. The van der Waals surface area contributed by atoms with E-state index in [0.29, 0.717) is 5.75 Å². The number of nitrogens with zero attached hydrogens (tertiary/aromatic N) is 1. The molecular weight excluding hydrogens is 278 g/mol. The summed E-state index contributed by atoms with van der Waals surface area (Å²) in [4.78, 5) is 25.7. The van der Waals surface area contributed by atoms with Crippen LogP contribution in [0.3, 0.4) is 0 Å². The molecule has 1 heterocycles. The van der Waals surface area contributed by atoms with Crippen LogP contribution in [-0.4, -0.2) is 22.2 Å². The number of ether oxygens (including phenoxy) is 2. The summed E-state index contributed by atoms with van der Waals surface area (Å²) in [6, 6.07) is 7.04. The van der Waals surface area contributed by atoms with Crippen LogP contribution < -0.4 is 16.2 Å². The molecule has 1 aromatic carbocycles. The monoisotopic (exact) mass is 289 g/mol. The highest BCUT2D eigenvalue weighted by molar-refractivity contribution is 5.94. The molecule has 0 aliphatic heterocycles. The highest BCUT2D eigenvalue weighted by atomic mass is 16.6. The van der Waals surface area contributed by atoms with E-state index in [2.05, 4.69) is 9.72 Å². The molecule has 0 atom stereocenters. The van der Waals surface area contributed by atoms with Crippen LogP contribution in [0.4, 0.5) is 10.5 Å². The number of nitrogen functional groups attached to an aromatic ring is 1. The minimum absolute atomic E-state index is 0.0668. The van der Waals surface area contributed by atoms with E-state index in [4.69, 9.17) is 16.2 Å². The number of carbonyl (C=O) groups is 2. The van der Waals surface area contributed by atoms with Gasteiger partial charge in [-0.05, 0) is 18.2 Å². The second-order valence-electron chi connectivity index (χ2n) is 3.91. The fourth-order valence-corrected chi connectivity index (χ4v) is 1.46. The number of anilines is 1. The Bertz CT molecular complexity index is 702. The fraction of sp³-hybridized carbons (Fsp3) is 0. The molecular formula is C13H11N3O5. The van der Waals surface area contributed by atoms with Crippen LogP contribution in [0.2, 0.25) is 0 Å². The molecule has 0 radical (unpaired) electrons. The van der Waals surface area contributed by atoms with Gasteiger partial charge in [-0.3, -0.25) is 0 Å². The number of rotatable bonds is 3. The third-order valence-corrected chi connectivity index (χ3v) is 2.37. The van der Waals surface area contributed by atoms with Gasteiger partial charge in [0, 0.05) is 18.3 Å². The topological polar surface area (TPSA) is 138 Å². The maximum atomic E-state index is 11.5. The summed E-state index contributed by atoms with van der Waals surface area (Å²) in [5.41, 5.74) is 10.3. The molecule has 1 amide bonds. The molecule has 21 heavy (non-hydrogen) atoms. The second kappa shape index (κ2) is 5.78. The standard InChI is InChI=1S/C13H11N3O5/c14-9-5-7(1-2-11(9)17)20-8-3-4-16-10(6-8)12(18)21-13(15)19/h1-6,17H,14H2,(H2,15,19). The smallest absolute Gasteiger partial charge is 0.412 e. The van der Waals surface area contributed by atoms with Crippen LogP contribution in [-0.2, 0) is 4.74 Å². The zero-order valence-corrected chi connectivity index (χ0v) is 10.6. The first-order valence-corrected chi connectivity index (χ1v) is 5.69. The highest BCUT2D eigenvalue weighted by Gasteiger charge is 2.13. The van der Waals surface area contributed by atoms with E-state index in [0.717, 1.165) is 0 Å². The van der Waals surface area contributed by atoms with Crippen LogP contribution >= 0.6 is 0 Å². The predicted molar refractivity (Wildman–Crippen MR) is 71.8 cm³/mol. The summed E-state index contributed by atoms with van der Waals surface area (Å²) >= 11 is 0. The Hall–Kier alpha value is -3.29. The molecule has 108 valence electrons. The van der Waals surface area contributed by atoms with Gasteiger partial charge < -0.3 is 26.0 Å². The Morgan fingerprint density at radius 1 is 1.14 bits per heavy atom. The van der Waals surface area contributed by atoms with E-state index < -0.39 is 12.1 Å². The first-order chi connectivity index (χ1) is 9.95. The molecule has 0 fully saturated rings. The number of benzene rings is 1. The third kappa shape index (κ3) is 3.60. The molecule has 0 saturated heterocycles. The van der Waals surface area contributed by atoms with Crippen molar-refractivity contribution in [3.05, 3.63) is 42.2 Å². The predicted octanol–water partition coefficient (Wildman–Crippen LogP) is 1.40. The lowest BCUT2D eigenvalue weighted by atomic mass is 10.3. The number of pyridine rings is 1. The largest absolute Gasteiger partial charge is 0.506 e. The average Bonchev–Trinajstić information content (AvgIpc) is 2.42. The van der Waals surface area contributed by atoms with Crippen molar-refractivity contribution >= 4 is 17.7 Å². The van der Waals surface area contributed by atoms with Gasteiger partial charge in [0.1, 0.15) is 17.2 Å². The molecule has 0 bridgehead atoms. The number of primary amides is 1. The van der Waals surface area contributed by atoms with Crippen molar-refractivity contribution in [1.29, 1.82) is 0 Å². The Morgan fingerprint density at radius 2 is 1.86 bits per heavy atom. The normalized spacial score (nSPS) is 9.90. The van der Waals surface area contributed by atoms with Crippen LogP contribution in [0.1, 0.15) is 10.5 Å². The van der Waals surface area contributed by atoms with E-state index in [1.165, 1.54) is 36.5 Å². The maximum Gasteiger partial charge on any atom is 0.412 e. The van der Waals surface area contributed by atoms with Crippen molar-refractivity contribution in [3.8, 4) is 17.2 Å². The molecule has 0 spiro atoms. The number of hydrogen-bond donors (Lipinski definition) is 3. The van der Waals surface area contributed by atoms with Crippen molar-refractivity contribution in [2.45, 2.75) is 0 Å². The van der Waals surface area contributed by atoms with E-state index in [-0.39, 0.29) is 22.9 Å². The van der Waals surface area contributed by atoms with Crippen molar-refractivity contribution in [1.82, 2.24) is 4.98 Å². The maximum absolute atomic E-state index is 11.5. The number of phenolic OH excluding ortho intramolecular Hbond substituents is 1. The van der Waals surface area contributed by atoms with Crippen molar-refractivity contribution in [3.63, 3.8) is 0 Å². The third-order valence-electron chi connectivity index (χ3n) is 2.37. The van der Waals surface area contributed by atoms with Crippen molar-refractivity contribution in [2.75, 3.05) is 5.73 Å². The van der Waals surface area contributed by atoms with Crippen molar-refractivity contribution < 1.29 is 24.2 Å². The summed E-state index contributed by atoms with van der Waals surface area (Å²) in [7, 11) is 0. The molecule has 5 N–H and O–H groups in total. The molecule has 8 heteroatoms. The number of aromatic hydroxyl groups is 1. The van der Waals surface area contributed by atoms with Gasteiger partial charge in [-0.25, -0.2) is 14.6 Å². The Labute approximate surface area is 118 Å². The summed E-state index contributed by atoms with van der Waals surface area (Å²) in [5, 5.41) is 9.32. The molecule has 1 aromatic heterocycles. The Morgan fingerprint density at radius 3 is 2.52 bits per heavy atom. The highest BCUT2D eigenvalue weighted by Crippen LogP contribution is 2.28. The first-order valence-electron chi connectivity index (χ1n) is 5.69. The van der Waals surface area contributed by atoms with Crippen LogP contribution in [0.25, 0.3) is 0 Å². The lowest BCUT2D eigenvalue weighted by molar-refractivity contribution is 0.0631. The summed E-state index contributed by atoms with van der Waals surface area (Å²) in [5.74, 6) is -0.432. The number of nitrogens with two attached hydrogens (primary N) is 2. The van der Waals surface area contributed by atoms with Gasteiger partial charge in [0.05, 0.1) is 5.69 Å². The van der Waals surface area contributed by atoms with Gasteiger partial charge in [0.25, 0.3) is 0 Å². The number of carbonyl (C=O) groups excluding carboxylic acids is 2. The van der Waals surface area contributed by atoms with E-state index >= 15 is 0 Å². The van der Waals surface area contributed by atoms with Gasteiger partial charge in [-0.1, -0.05) is 0 Å². The average molecular weight is 289 g/mol. The van der Waals surface area contributed by atoms with Gasteiger partial charge >= 0.3 is 12.1 Å². The minimum atomic E-state index is -1.22. The second-order valence-corrected chi connectivity index (χ2v) is 3.91. The van der Waals surface area contributed by atoms with E-state index in [9.17, 15) is 14.7 Å². The lowest BCUT2D eigenvalue weighted by Crippen LogP contribution is -2.19. The fourth-order valence-electron chi connectivity index (χ4n) is 1.46. The number of esters is 1. The SMILES string of the molecule is NC(=O)OC(=O)c1cc(Oc2ccc(O)c(N)c2)ccn1. The lowest BCUT2D eigenvalue weighted by Gasteiger charge is -2.08. The molecule has 0 saturated carbocycles. The van der Waals surface area contributed by atoms with Crippen LogP contribution in [0.5, 0.6) is 17.2 Å². The van der Waals surface area contributed by atoms with E-state index in [1.54, 1.807) is 0 Å². The first kappa shape index (κ1) is 14.1. The number of hydrogen-bond acceptors (Lipinski definition) is 7. The van der Waals surface area contributed by atoms with Gasteiger partial charge in [0.2, 0.25) is 0 Å². The van der Waals surface area contributed by atoms with Gasteiger partial charge in [0.15, 0.2) is 5.69 Å². The molecule has 0 aliphatic carbocycles. The zero-order valence-electron chi connectivity index (χ0n) is 10.6. The van der Waals surface area contributed by atoms with Crippen LogP contribution in [0, 0.1) is 0 Å². The number of amides is 1. The van der Waals surface area contributed by atoms with Gasteiger partial charge in [-0.15, -0.1) is 0 Å². The van der Waals surface area contributed by atoms with Crippen LogP contribution in [0.15, 0.2) is 36.5 Å². The molecule has 0 aliphatic rings. The summed E-state index contributed by atoms with van der Waals surface area (Å²) < 4.78 is 9.66. The Kier molecular flexibility index (Phi) is 3.89. The molecule has 2 rings (SSSR count).